The molecule has 1 amide bonds. The van der Waals surface area contributed by atoms with E-state index in [1.54, 1.807) is 11.8 Å². The van der Waals surface area contributed by atoms with Crippen molar-refractivity contribution in [3.8, 4) is 17.3 Å². The van der Waals surface area contributed by atoms with Crippen molar-refractivity contribution >= 4 is 17.7 Å². The van der Waals surface area contributed by atoms with Gasteiger partial charge >= 0.3 is 0 Å². The number of benzene rings is 1. The van der Waals surface area contributed by atoms with Crippen LogP contribution in [0.2, 0.25) is 0 Å². The Morgan fingerprint density at radius 3 is 2.76 bits per heavy atom. The monoisotopic (exact) mass is 412 g/mol. The summed E-state index contributed by atoms with van der Waals surface area (Å²) in [6.07, 6.45) is 2.71. The van der Waals surface area contributed by atoms with E-state index >= 15 is 0 Å². The van der Waals surface area contributed by atoms with Gasteiger partial charge in [-0.05, 0) is 25.3 Å². The van der Waals surface area contributed by atoms with Crippen LogP contribution in [0, 0.1) is 0 Å². The number of amides is 1. The van der Waals surface area contributed by atoms with Crippen LogP contribution < -0.4 is 4.74 Å². The minimum absolute atomic E-state index is 0.0303. The number of aromatic nitrogens is 5. The minimum Gasteiger partial charge on any atom is -0.493 e. The second-order valence-corrected chi connectivity index (χ2v) is 7.65. The second-order valence-electron chi connectivity index (χ2n) is 6.87. The lowest BCUT2D eigenvalue weighted by molar-refractivity contribution is 0.0729. The second kappa shape index (κ2) is 7.90. The Bertz CT molecular complexity index is 1060. The topological polar surface area (TPSA) is 78.1 Å². The molecular weight excluding hydrogens is 388 g/mol. The van der Waals surface area contributed by atoms with Crippen molar-refractivity contribution in [2.45, 2.75) is 25.0 Å². The molecule has 2 aromatic heterocycles. The number of fused-ring (bicyclic) bond motifs is 1. The Morgan fingerprint density at radius 1 is 1.24 bits per heavy atom. The molecule has 1 aliphatic rings. The van der Waals surface area contributed by atoms with Crippen molar-refractivity contribution in [2.24, 2.45) is 14.1 Å². The third kappa shape index (κ3) is 3.39. The van der Waals surface area contributed by atoms with E-state index in [2.05, 4.69) is 10.2 Å². The van der Waals surface area contributed by atoms with Crippen molar-refractivity contribution in [2.75, 3.05) is 19.4 Å². The van der Waals surface area contributed by atoms with Crippen molar-refractivity contribution in [3.05, 3.63) is 41.1 Å². The maximum absolute atomic E-state index is 13.3. The van der Waals surface area contributed by atoms with Gasteiger partial charge in [-0.25, -0.2) is 0 Å². The maximum Gasteiger partial charge on any atom is 0.257 e. The zero-order chi connectivity index (χ0) is 20.5. The third-order valence-electron chi connectivity index (χ3n) is 5.18. The molecule has 0 bridgehead atoms. The highest BCUT2D eigenvalue weighted by Crippen LogP contribution is 2.31. The highest BCUT2D eigenvalue weighted by molar-refractivity contribution is 7.98. The number of thioether (sulfide) groups is 1. The van der Waals surface area contributed by atoms with Crippen LogP contribution in [0.25, 0.3) is 11.5 Å². The van der Waals surface area contributed by atoms with Gasteiger partial charge in [-0.3, -0.25) is 9.48 Å². The fourth-order valence-electron chi connectivity index (χ4n) is 3.74. The van der Waals surface area contributed by atoms with Gasteiger partial charge in [0, 0.05) is 38.3 Å². The van der Waals surface area contributed by atoms with E-state index in [0.29, 0.717) is 31.0 Å². The summed E-state index contributed by atoms with van der Waals surface area (Å²) in [5, 5.41) is 14.1. The number of para-hydroxylation sites is 1. The molecule has 0 unspecified atom stereocenters. The summed E-state index contributed by atoms with van der Waals surface area (Å²) in [7, 11) is 3.88. The number of hydrogen-bond donors (Lipinski definition) is 0. The normalized spacial score (nSPS) is 13.4. The van der Waals surface area contributed by atoms with Crippen molar-refractivity contribution in [1.29, 1.82) is 0 Å². The SMILES string of the molecule is CCOc1ccccc1C(=O)N1CCc2c(c(-c3nnc(SC)n3C)nn2C)C1. The summed E-state index contributed by atoms with van der Waals surface area (Å²) in [5.74, 6) is 1.31. The van der Waals surface area contributed by atoms with Gasteiger partial charge in [0.1, 0.15) is 11.4 Å². The summed E-state index contributed by atoms with van der Waals surface area (Å²) in [5.41, 5.74) is 3.54. The summed E-state index contributed by atoms with van der Waals surface area (Å²) < 4.78 is 9.50. The lowest BCUT2D eigenvalue weighted by Gasteiger charge is -2.28. The lowest BCUT2D eigenvalue weighted by Crippen LogP contribution is -2.36. The molecule has 0 spiro atoms. The lowest BCUT2D eigenvalue weighted by atomic mass is 10.0. The Balaban J connectivity index is 1.68. The van der Waals surface area contributed by atoms with E-state index < -0.39 is 0 Å². The van der Waals surface area contributed by atoms with Gasteiger partial charge in [0.2, 0.25) is 0 Å². The predicted octanol–water partition coefficient (Wildman–Crippen LogP) is 2.53. The molecule has 4 rings (SSSR count). The molecule has 0 atom stereocenters. The molecule has 3 heterocycles. The largest absolute Gasteiger partial charge is 0.493 e. The fraction of sp³-hybridized carbons (Fsp3) is 0.400. The predicted molar refractivity (Wildman–Crippen MR) is 111 cm³/mol. The van der Waals surface area contributed by atoms with Crippen LogP contribution in [0.5, 0.6) is 5.75 Å². The Kier molecular flexibility index (Phi) is 5.31. The van der Waals surface area contributed by atoms with Gasteiger partial charge in [0.25, 0.3) is 5.91 Å². The van der Waals surface area contributed by atoms with Crippen molar-refractivity contribution < 1.29 is 9.53 Å². The highest BCUT2D eigenvalue weighted by atomic mass is 32.2. The molecule has 152 valence electrons. The molecule has 9 heteroatoms. The number of ether oxygens (including phenoxy) is 1. The first-order valence-corrected chi connectivity index (χ1v) is 10.8. The van der Waals surface area contributed by atoms with E-state index in [0.717, 1.165) is 34.4 Å². The van der Waals surface area contributed by atoms with Gasteiger partial charge < -0.3 is 14.2 Å². The van der Waals surface area contributed by atoms with Crippen LogP contribution >= 0.6 is 11.8 Å². The van der Waals surface area contributed by atoms with E-state index in [9.17, 15) is 4.79 Å². The van der Waals surface area contributed by atoms with Gasteiger partial charge in [0.15, 0.2) is 11.0 Å². The molecule has 8 nitrogen and oxygen atoms in total. The van der Waals surface area contributed by atoms with Crippen molar-refractivity contribution in [1.82, 2.24) is 29.4 Å². The molecule has 1 aromatic carbocycles. The van der Waals surface area contributed by atoms with E-state index in [-0.39, 0.29) is 5.91 Å². The Hall–Kier alpha value is -2.81. The van der Waals surface area contributed by atoms with Gasteiger partial charge in [-0.1, -0.05) is 23.9 Å². The smallest absolute Gasteiger partial charge is 0.257 e. The summed E-state index contributed by atoms with van der Waals surface area (Å²) in [6, 6.07) is 7.41. The van der Waals surface area contributed by atoms with Crippen LogP contribution in [0.1, 0.15) is 28.5 Å². The molecule has 0 N–H and O–H groups in total. The molecule has 1 aliphatic heterocycles. The van der Waals surface area contributed by atoms with E-state index in [4.69, 9.17) is 9.84 Å². The number of nitrogens with zero attached hydrogens (tertiary/aromatic N) is 6. The molecular formula is C20H24N6O2S. The summed E-state index contributed by atoms with van der Waals surface area (Å²) >= 11 is 1.54. The summed E-state index contributed by atoms with van der Waals surface area (Å²) in [6.45, 7) is 3.56. The minimum atomic E-state index is -0.0303. The van der Waals surface area contributed by atoms with E-state index in [1.807, 2.05) is 65.7 Å². The van der Waals surface area contributed by atoms with Gasteiger partial charge in [-0.2, -0.15) is 5.10 Å². The maximum atomic E-state index is 13.3. The molecule has 0 aliphatic carbocycles. The van der Waals surface area contributed by atoms with Crippen LogP contribution in [0.15, 0.2) is 29.4 Å². The summed E-state index contributed by atoms with van der Waals surface area (Å²) in [4.78, 5) is 15.1. The van der Waals surface area contributed by atoms with Crippen LogP contribution in [0.4, 0.5) is 0 Å². The van der Waals surface area contributed by atoms with Crippen LogP contribution in [-0.4, -0.2) is 54.8 Å². The first-order chi connectivity index (χ1) is 14.0. The Labute approximate surface area is 173 Å². The third-order valence-corrected chi connectivity index (χ3v) is 5.90. The molecule has 0 radical (unpaired) electrons. The molecule has 3 aromatic rings. The average Bonchev–Trinajstić information content (AvgIpc) is 3.27. The quantitative estimate of drug-likeness (QED) is 0.600. The number of rotatable bonds is 5. The Morgan fingerprint density at radius 2 is 2.03 bits per heavy atom. The molecule has 0 saturated heterocycles. The van der Waals surface area contributed by atoms with Gasteiger partial charge in [0.05, 0.1) is 18.7 Å². The van der Waals surface area contributed by atoms with Gasteiger partial charge in [-0.15, -0.1) is 10.2 Å². The van der Waals surface area contributed by atoms with E-state index in [1.165, 1.54) is 0 Å². The number of carbonyl (C=O) groups excluding carboxylic acids is 1. The fourth-order valence-corrected chi connectivity index (χ4v) is 4.22. The van der Waals surface area contributed by atoms with Crippen LogP contribution in [0.3, 0.4) is 0 Å². The number of hydrogen-bond acceptors (Lipinski definition) is 6. The number of aryl methyl sites for hydroxylation is 1. The zero-order valence-corrected chi connectivity index (χ0v) is 17.9. The standard InChI is InChI=1S/C20H24N6O2S/c1-5-28-16-9-7-6-8-13(16)19(27)26-11-10-15-14(12-26)17(23-25(15)3)18-21-22-20(29-4)24(18)2/h6-9H,5,10-12H2,1-4H3. The first-order valence-electron chi connectivity index (χ1n) is 9.54. The molecule has 0 fully saturated rings. The first kappa shape index (κ1) is 19.5. The van der Waals surface area contributed by atoms with Crippen LogP contribution in [-0.2, 0) is 27.1 Å². The molecule has 29 heavy (non-hydrogen) atoms. The average molecular weight is 413 g/mol. The zero-order valence-electron chi connectivity index (χ0n) is 17.0. The highest BCUT2D eigenvalue weighted by Gasteiger charge is 2.30. The van der Waals surface area contributed by atoms with Crippen molar-refractivity contribution in [3.63, 3.8) is 0 Å². The molecule has 0 saturated carbocycles. The number of carbonyl (C=O) groups is 1.